The lowest BCUT2D eigenvalue weighted by Crippen LogP contribution is -2.43. The van der Waals surface area contributed by atoms with E-state index in [1.165, 1.54) is 0 Å². The van der Waals surface area contributed by atoms with Crippen molar-refractivity contribution in [1.29, 1.82) is 0 Å². The Morgan fingerprint density at radius 2 is 1.86 bits per heavy atom. The van der Waals surface area contributed by atoms with Gasteiger partial charge in [-0.15, -0.1) is 0 Å². The number of hydrogen-bond acceptors (Lipinski definition) is 4. The molecule has 29 heavy (non-hydrogen) atoms. The summed E-state index contributed by atoms with van der Waals surface area (Å²) in [5, 5.41) is 9.84. The van der Waals surface area contributed by atoms with Gasteiger partial charge in [0.05, 0.1) is 7.11 Å². The molecule has 1 N–H and O–H groups in total. The topological polar surface area (TPSA) is 60.4 Å². The smallest absolute Gasteiger partial charge is 0.327 e. The van der Waals surface area contributed by atoms with Gasteiger partial charge in [-0.25, -0.2) is 9.80 Å². The fourth-order valence-electron chi connectivity index (χ4n) is 3.54. The number of amides is 2. The first-order valence-electron chi connectivity index (χ1n) is 9.16. The minimum Gasteiger partial charge on any atom is -0.496 e. The Balaban J connectivity index is 1.54. The second-order valence-electron chi connectivity index (χ2n) is 6.62. The van der Waals surface area contributed by atoms with E-state index >= 15 is 0 Å². The molecule has 0 aliphatic carbocycles. The highest BCUT2D eigenvalue weighted by Crippen LogP contribution is 2.32. The van der Waals surface area contributed by atoms with Crippen LogP contribution in [-0.4, -0.2) is 53.8 Å². The van der Waals surface area contributed by atoms with Gasteiger partial charge in [0.1, 0.15) is 5.75 Å². The minimum atomic E-state index is -0.328. The third-order valence-electron chi connectivity index (χ3n) is 4.92. The third-order valence-corrected chi connectivity index (χ3v) is 5.23. The van der Waals surface area contributed by atoms with Crippen LogP contribution in [-0.2, 0) is 0 Å². The Hall–Kier alpha value is -3.39. The van der Waals surface area contributed by atoms with Crippen LogP contribution in [0.5, 0.6) is 5.75 Å². The Labute approximate surface area is 174 Å². The van der Waals surface area contributed by atoms with Crippen molar-refractivity contribution in [1.82, 2.24) is 15.2 Å². The van der Waals surface area contributed by atoms with Gasteiger partial charge in [-0.3, -0.25) is 4.90 Å². The molecule has 0 radical (unpaired) electrons. The highest BCUT2D eigenvalue weighted by molar-refractivity contribution is 7.80. The number of rotatable bonds is 5. The molecule has 0 bridgehead atoms. The summed E-state index contributed by atoms with van der Waals surface area (Å²) in [6.07, 6.45) is 4.75. The molecule has 7 nitrogen and oxygen atoms in total. The van der Waals surface area contributed by atoms with Crippen LogP contribution in [0.25, 0.3) is 6.08 Å². The minimum absolute atomic E-state index is 0.106. The summed E-state index contributed by atoms with van der Waals surface area (Å²) >= 11 is 5.46. The fourth-order valence-corrected chi connectivity index (χ4v) is 3.81. The van der Waals surface area contributed by atoms with Crippen molar-refractivity contribution in [3.05, 3.63) is 66.2 Å². The van der Waals surface area contributed by atoms with Crippen molar-refractivity contribution in [2.75, 3.05) is 19.1 Å². The molecule has 4 rings (SSSR count). The predicted molar refractivity (Wildman–Crippen MR) is 118 cm³/mol. The first-order chi connectivity index (χ1) is 14.1. The number of methoxy groups -OCH3 is 1. The van der Waals surface area contributed by atoms with Gasteiger partial charge in [-0.05, 0) is 42.6 Å². The Bertz CT molecular complexity index is 978. The number of ether oxygens (including phenoxy) is 1. The molecule has 0 spiro atoms. The van der Waals surface area contributed by atoms with Crippen LogP contribution in [0.1, 0.15) is 5.56 Å². The number of urea groups is 1. The van der Waals surface area contributed by atoms with E-state index in [2.05, 4.69) is 10.4 Å². The van der Waals surface area contributed by atoms with Gasteiger partial charge >= 0.3 is 6.03 Å². The normalized spacial score (nSPS) is 21.4. The second-order valence-corrected chi connectivity index (χ2v) is 7.00. The van der Waals surface area contributed by atoms with Crippen LogP contribution < -0.4 is 15.0 Å². The van der Waals surface area contributed by atoms with Crippen molar-refractivity contribution in [3.8, 4) is 5.75 Å². The van der Waals surface area contributed by atoms with Crippen molar-refractivity contribution < 1.29 is 9.53 Å². The number of hydrogen-bond donors (Lipinski definition) is 1. The van der Waals surface area contributed by atoms with E-state index in [0.29, 0.717) is 5.11 Å². The van der Waals surface area contributed by atoms with Crippen LogP contribution in [0.4, 0.5) is 10.5 Å². The lowest BCUT2D eigenvalue weighted by atomic mass is 10.2. The van der Waals surface area contributed by atoms with Gasteiger partial charge in [0, 0.05) is 24.5 Å². The van der Waals surface area contributed by atoms with Gasteiger partial charge in [0.25, 0.3) is 0 Å². The van der Waals surface area contributed by atoms with E-state index in [1.807, 2.05) is 66.7 Å². The third kappa shape index (κ3) is 3.42. The molecule has 2 atom stereocenters. The number of thiocarbonyl (C=S) groups is 1. The maximum absolute atomic E-state index is 12.8. The number of anilines is 1. The number of nitrogens with zero attached hydrogens (tertiary/aromatic N) is 4. The maximum Gasteiger partial charge on any atom is 0.327 e. The highest BCUT2D eigenvalue weighted by atomic mass is 32.1. The average Bonchev–Trinajstić information content (AvgIpc) is 3.19. The fraction of sp³-hybridized carbons (Fsp3) is 0.190. The number of hydrazone groups is 1. The Morgan fingerprint density at radius 1 is 1.14 bits per heavy atom. The zero-order valence-corrected chi connectivity index (χ0v) is 16.9. The first-order valence-corrected chi connectivity index (χ1v) is 9.57. The van der Waals surface area contributed by atoms with Crippen molar-refractivity contribution in [2.45, 2.75) is 12.3 Å². The molecule has 8 heteroatoms. The molecule has 2 unspecified atom stereocenters. The number of benzene rings is 2. The maximum atomic E-state index is 12.8. The van der Waals surface area contributed by atoms with Crippen LogP contribution in [0, 0.1) is 0 Å². The summed E-state index contributed by atoms with van der Waals surface area (Å²) in [5.41, 5.74) is 1.76. The number of carbonyl (C=O) groups excluding carboxylic acids is 1. The average molecular weight is 407 g/mol. The van der Waals surface area contributed by atoms with Gasteiger partial charge in [-0.1, -0.05) is 36.4 Å². The zero-order chi connectivity index (χ0) is 20.4. The monoisotopic (exact) mass is 407 g/mol. The lowest BCUT2D eigenvalue weighted by Gasteiger charge is -2.23. The van der Waals surface area contributed by atoms with Crippen LogP contribution in [0.2, 0.25) is 0 Å². The largest absolute Gasteiger partial charge is 0.496 e. The number of para-hydroxylation sites is 2. The Morgan fingerprint density at radius 3 is 2.62 bits per heavy atom. The van der Waals surface area contributed by atoms with Gasteiger partial charge in [0.2, 0.25) is 0 Å². The summed E-state index contributed by atoms with van der Waals surface area (Å²) in [6, 6.07) is 17.2. The first kappa shape index (κ1) is 18.9. The molecule has 0 aromatic heterocycles. The molecule has 2 amide bonds. The summed E-state index contributed by atoms with van der Waals surface area (Å²) in [5.74, 6) is 0.787. The number of likely N-dealkylation sites (N-methyl/N-ethyl adjacent to an activating group) is 1. The summed E-state index contributed by atoms with van der Waals surface area (Å²) < 4.78 is 5.34. The van der Waals surface area contributed by atoms with Gasteiger partial charge in [0.15, 0.2) is 17.4 Å². The molecule has 2 fully saturated rings. The summed E-state index contributed by atoms with van der Waals surface area (Å²) in [4.78, 5) is 16.2. The number of nitrogens with one attached hydrogen (secondary N) is 1. The van der Waals surface area contributed by atoms with Crippen molar-refractivity contribution in [2.24, 2.45) is 5.10 Å². The number of carbonyl (C=O) groups is 1. The molecule has 2 aromatic carbocycles. The van der Waals surface area contributed by atoms with E-state index in [-0.39, 0.29) is 18.4 Å². The van der Waals surface area contributed by atoms with Gasteiger partial charge < -0.3 is 15.0 Å². The summed E-state index contributed by atoms with van der Waals surface area (Å²) in [6.45, 7) is 0. The van der Waals surface area contributed by atoms with Crippen LogP contribution in [0.3, 0.4) is 0 Å². The zero-order valence-electron chi connectivity index (χ0n) is 16.1. The molecule has 2 aromatic rings. The SMILES string of the molecule is COc1ccccc1/C=C/C=N/N1C(=S)NC2C1N(C)C(=O)N2c1ccccc1. The van der Waals surface area contributed by atoms with Crippen molar-refractivity contribution >= 4 is 41.3 Å². The molecule has 2 aliphatic heterocycles. The quantitative estimate of drug-likeness (QED) is 0.610. The molecule has 148 valence electrons. The molecule has 2 heterocycles. The standard InChI is InChI=1S/C21H21N5O2S/c1-24-19-18(25(21(24)27)16-11-4-3-5-12-16)23-20(29)26(19)22-14-8-10-15-9-6-7-13-17(15)28-2/h3-14,18-19H,1-2H3,(H,23,29)/b10-8+,22-14+. The highest BCUT2D eigenvalue weighted by Gasteiger charge is 2.53. The van der Waals surface area contributed by atoms with Gasteiger partial charge in [-0.2, -0.15) is 5.10 Å². The predicted octanol–water partition coefficient (Wildman–Crippen LogP) is 3.11. The van der Waals surface area contributed by atoms with Crippen LogP contribution >= 0.6 is 12.2 Å². The van der Waals surface area contributed by atoms with E-state index in [1.54, 1.807) is 35.2 Å². The lowest BCUT2D eigenvalue weighted by molar-refractivity contribution is 0.174. The summed E-state index contributed by atoms with van der Waals surface area (Å²) in [7, 11) is 3.40. The number of fused-ring (bicyclic) bond motifs is 1. The molecular weight excluding hydrogens is 386 g/mol. The molecular formula is C21H21N5O2S. The van der Waals surface area contributed by atoms with Crippen LogP contribution in [0.15, 0.2) is 65.8 Å². The van der Waals surface area contributed by atoms with Crippen molar-refractivity contribution in [3.63, 3.8) is 0 Å². The molecule has 2 saturated heterocycles. The molecule has 2 aliphatic rings. The van der Waals surface area contributed by atoms with E-state index in [0.717, 1.165) is 17.0 Å². The Kier molecular flexibility index (Phi) is 5.18. The second kappa shape index (κ2) is 7.92. The van der Waals surface area contributed by atoms with E-state index in [4.69, 9.17) is 17.0 Å². The molecule has 0 saturated carbocycles. The number of allylic oxidation sites excluding steroid dienone is 1. The van der Waals surface area contributed by atoms with E-state index in [9.17, 15) is 4.79 Å². The van der Waals surface area contributed by atoms with E-state index < -0.39 is 0 Å².